The number of carboxylic acids is 1. The van der Waals surface area contributed by atoms with E-state index in [1.54, 1.807) is 0 Å². The minimum absolute atomic E-state index is 0.0457. The molecule has 1 rings (SSSR count). The summed E-state index contributed by atoms with van der Waals surface area (Å²) >= 11 is 3.39. The molecule has 3 nitrogen and oxygen atoms in total. The van der Waals surface area contributed by atoms with E-state index >= 15 is 0 Å². The quantitative estimate of drug-likeness (QED) is 0.876. The standard InChI is InChI=1S/C13H18BrNO2/c1-3-15(4-2)12(9-13(16)17)10-5-7-11(14)8-6-10/h5-8,12H,3-4,9H2,1-2H3,(H,16,17). The monoisotopic (exact) mass is 299 g/mol. The van der Waals surface area contributed by atoms with Crippen molar-refractivity contribution >= 4 is 21.9 Å². The smallest absolute Gasteiger partial charge is 0.305 e. The summed E-state index contributed by atoms with van der Waals surface area (Å²) in [5.41, 5.74) is 1.05. The largest absolute Gasteiger partial charge is 0.481 e. The van der Waals surface area contributed by atoms with E-state index in [1.165, 1.54) is 0 Å². The summed E-state index contributed by atoms with van der Waals surface area (Å²) in [7, 11) is 0. The summed E-state index contributed by atoms with van der Waals surface area (Å²) in [4.78, 5) is 13.1. The van der Waals surface area contributed by atoms with Gasteiger partial charge in [-0.15, -0.1) is 0 Å². The van der Waals surface area contributed by atoms with Crippen molar-refractivity contribution in [3.8, 4) is 0 Å². The molecule has 1 atom stereocenters. The molecule has 0 fully saturated rings. The lowest BCUT2D eigenvalue weighted by atomic mass is 10.0. The third kappa shape index (κ3) is 4.13. The number of hydrogen-bond donors (Lipinski definition) is 1. The van der Waals surface area contributed by atoms with Crippen LogP contribution in [0.2, 0.25) is 0 Å². The topological polar surface area (TPSA) is 40.5 Å². The molecular weight excluding hydrogens is 282 g/mol. The van der Waals surface area contributed by atoms with Crippen LogP contribution < -0.4 is 0 Å². The van der Waals surface area contributed by atoms with Crippen LogP contribution in [-0.4, -0.2) is 29.1 Å². The SMILES string of the molecule is CCN(CC)C(CC(=O)O)c1ccc(Br)cc1. The van der Waals surface area contributed by atoms with Gasteiger partial charge in [-0.1, -0.05) is 41.9 Å². The van der Waals surface area contributed by atoms with E-state index in [0.717, 1.165) is 23.1 Å². The molecule has 1 aromatic carbocycles. The van der Waals surface area contributed by atoms with Gasteiger partial charge in [0.2, 0.25) is 0 Å². The maximum Gasteiger partial charge on any atom is 0.305 e. The fourth-order valence-electron chi connectivity index (χ4n) is 1.97. The summed E-state index contributed by atoms with van der Waals surface area (Å²) in [6, 6.07) is 7.82. The molecule has 0 amide bonds. The first-order chi connectivity index (χ1) is 8.08. The fourth-order valence-corrected chi connectivity index (χ4v) is 2.24. The molecule has 0 heterocycles. The van der Waals surface area contributed by atoms with Crippen LogP contribution in [0.3, 0.4) is 0 Å². The third-order valence-electron chi connectivity index (χ3n) is 2.88. The normalized spacial score (nSPS) is 12.7. The van der Waals surface area contributed by atoms with Crippen molar-refractivity contribution in [2.45, 2.75) is 26.3 Å². The molecule has 4 heteroatoms. The van der Waals surface area contributed by atoms with Crippen LogP contribution in [0.15, 0.2) is 28.7 Å². The molecule has 17 heavy (non-hydrogen) atoms. The second-order valence-electron chi connectivity index (χ2n) is 3.89. The number of carboxylic acid groups (broad SMARTS) is 1. The lowest BCUT2D eigenvalue weighted by molar-refractivity contribution is -0.138. The van der Waals surface area contributed by atoms with Crippen LogP contribution in [0, 0.1) is 0 Å². The van der Waals surface area contributed by atoms with Gasteiger partial charge < -0.3 is 5.11 Å². The molecule has 0 aliphatic carbocycles. The van der Waals surface area contributed by atoms with E-state index in [9.17, 15) is 4.79 Å². The van der Waals surface area contributed by atoms with Gasteiger partial charge in [0.05, 0.1) is 6.42 Å². The molecule has 0 radical (unpaired) electrons. The second kappa shape index (κ2) is 6.77. The maximum atomic E-state index is 11.0. The third-order valence-corrected chi connectivity index (χ3v) is 3.40. The highest BCUT2D eigenvalue weighted by Gasteiger charge is 2.20. The molecule has 1 N–H and O–H groups in total. The predicted molar refractivity (Wildman–Crippen MR) is 72.1 cm³/mol. The average Bonchev–Trinajstić information content (AvgIpc) is 2.30. The van der Waals surface area contributed by atoms with Crippen molar-refractivity contribution in [3.05, 3.63) is 34.3 Å². The van der Waals surface area contributed by atoms with Crippen LogP contribution in [-0.2, 0) is 4.79 Å². The number of carbonyl (C=O) groups is 1. The molecule has 1 unspecified atom stereocenters. The van der Waals surface area contributed by atoms with Gasteiger partial charge in [-0.05, 0) is 30.8 Å². The Labute approximate surface area is 111 Å². The highest BCUT2D eigenvalue weighted by Crippen LogP contribution is 2.25. The van der Waals surface area contributed by atoms with Crippen LogP contribution in [0.1, 0.15) is 31.9 Å². The second-order valence-corrected chi connectivity index (χ2v) is 4.80. The van der Waals surface area contributed by atoms with E-state index in [2.05, 4.69) is 34.7 Å². The first kappa shape index (κ1) is 14.2. The van der Waals surface area contributed by atoms with Crippen molar-refractivity contribution in [2.75, 3.05) is 13.1 Å². The Morgan fingerprint density at radius 3 is 2.24 bits per heavy atom. The number of aliphatic carboxylic acids is 1. The molecule has 0 aromatic heterocycles. The Morgan fingerprint density at radius 2 is 1.82 bits per heavy atom. The van der Waals surface area contributed by atoms with Crippen LogP contribution in [0.25, 0.3) is 0 Å². The van der Waals surface area contributed by atoms with Crippen LogP contribution in [0.5, 0.6) is 0 Å². The highest BCUT2D eigenvalue weighted by molar-refractivity contribution is 9.10. The molecule has 1 aromatic rings. The summed E-state index contributed by atoms with van der Waals surface area (Å²) in [5.74, 6) is -0.759. The molecule has 94 valence electrons. The van der Waals surface area contributed by atoms with Gasteiger partial charge in [-0.3, -0.25) is 9.69 Å². The van der Waals surface area contributed by atoms with Crippen molar-refractivity contribution in [1.29, 1.82) is 0 Å². The molecular formula is C13H18BrNO2. The van der Waals surface area contributed by atoms with Crippen LogP contribution in [0.4, 0.5) is 0 Å². The zero-order valence-electron chi connectivity index (χ0n) is 10.2. The Kier molecular flexibility index (Phi) is 5.65. The van der Waals surface area contributed by atoms with Crippen molar-refractivity contribution in [1.82, 2.24) is 4.90 Å². The minimum Gasteiger partial charge on any atom is -0.481 e. The molecule has 0 aliphatic heterocycles. The Balaban J connectivity index is 2.96. The molecule has 0 saturated carbocycles. The summed E-state index contributed by atoms with van der Waals surface area (Å²) < 4.78 is 1.01. The van der Waals surface area contributed by atoms with Gasteiger partial charge in [-0.25, -0.2) is 0 Å². The van der Waals surface area contributed by atoms with Gasteiger partial charge in [-0.2, -0.15) is 0 Å². The lowest BCUT2D eigenvalue weighted by Gasteiger charge is -2.28. The number of hydrogen-bond acceptors (Lipinski definition) is 2. The number of rotatable bonds is 6. The number of nitrogens with zero attached hydrogens (tertiary/aromatic N) is 1. The summed E-state index contributed by atoms with van der Waals surface area (Å²) in [6.07, 6.45) is 0.142. The minimum atomic E-state index is -0.759. The lowest BCUT2D eigenvalue weighted by Crippen LogP contribution is -2.30. The van der Waals surface area contributed by atoms with E-state index in [-0.39, 0.29) is 12.5 Å². The number of benzene rings is 1. The van der Waals surface area contributed by atoms with Crippen molar-refractivity contribution in [2.24, 2.45) is 0 Å². The average molecular weight is 300 g/mol. The van der Waals surface area contributed by atoms with Gasteiger partial charge in [0.25, 0.3) is 0 Å². The Hall–Kier alpha value is -0.870. The fraction of sp³-hybridized carbons (Fsp3) is 0.462. The summed E-state index contributed by atoms with van der Waals surface area (Å²) in [5, 5.41) is 9.00. The van der Waals surface area contributed by atoms with Crippen molar-refractivity contribution < 1.29 is 9.90 Å². The zero-order chi connectivity index (χ0) is 12.8. The van der Waals surface area contributed by atoms with Gasteiger partial charge in [0, 0.05) is 10.5 Å². The Bertz CT molecular complexity index is 360. The van der Waals surface area contributed by atoms with Gasteiger partial charge >= 0.3 is 5.97 Å². The number of halogens is 1. The van der Waals surface area contributed by atoms with E-state index in [0.29, 0.717) is 0 Å². The van der Waals surface area contributed by atoms with Gasteiger partial charge in [0.15, 0.2) is 0 Å². The van der Waals surface area contributed by atoms with Crippen LogP contribution >= 0.6 is 15.9 Å². The summed E-state index contributed by atoms with van der Waals surface area (Å²) in [6.45, 7) is 5.81. The molecule has 0 saturated heterocycles. The predicted octanol–water partition coefficient (Wildman–Crippen LogP) is 3.31. The maximum absolute atomic E-state index is 11.0. The molecule has 0 spiro atoms. The molecule has 0 aliphatic rings. The van der Waals surface area contributed by atoms with E-state index in [4.69, 9.17) is 5.11 Å². The zero-order valence-corrected chi connectivity index (χ0v) is 11.8. The first-order valence-electron chi connectivity index (χ1n) is 5.79. The van der Waals surface area contributed by atoms with Crippen molar-refractivity contribution in [3.63, 3.8) is 0 Å². The van der Waals surface area contributed by atoms with Gasteiger partial charge in [0.1, 0.15) is 0 Å². The molecule has 0 bridgehead atoms. The Morgan fingerprint density at radius 1 is 1.29 bits per heavy atom. The highest BCUT2D eigenvalue weighted by atomic mass is 79.9. The first-order valence-corrected chi connectivity index (χ1v) is 6.59. The van der Waals surface area contributed by atoms with E-state index < -0.39 is 5.97 Å². The van der Waals surface area contributed by atoms with E-state index in [1.807, 2.05) is 24.3 Å².